The molecule has 0 radical (unpaired) electrons. The Labute approximate surface area is 111 Å². The predicted molar refractivity (Wildman–Crippen MR) is 71.8 cm³/mol. The average Bonchev–Trinajstić information content (AvgIpc) is 2.28. The Morgan fingerprint density at radius 3 is 2.72 bits per heavy atom. The van der Waals surface area contributed by atoms with Crippen LogP contribution < -0.4 is 16.0 Å². The molecule has 0 bridgehead atoms. The summed E-state index contributed by atoms with van der Waals surface area (Å²) in [5.74, 6) is -0.223. The van der Waals surface area contributed by atoms with Gasteiger partial charge in [0.2, 0.25) is 5.91 Å². The third-order valence-corrected chi connectivity index (χ3v) is 2.41. The van der Waals surface area contributed by atoms with Crippen LogP contribution in [0.4, 0.5) is 10.5 Å². The molecule has 6 heteroatoms. The molecule has 18 heavy (non-hydrogen) atoms. The summed E-state index contributed by atoms with van der Waals surface area (Å²) in [5, 5.41) is 8.28. The Kier molecular flexibility index (Phi) is 5.45. The first-order chi connectivity index (χ1) is 8.52. The quantitative estimate of drug-likeness (QED) is 0.782. The second-order valence-electron chi connectivity index (χ2n) is 3.73. The molecule has 0 unspecified atom stereocenters. The summed E-state index contributed by atoms with van der Waals surface area (Å²) in [5.41, 5.74) is 0.572. The van der Waals surface area contributed by atoms with Gasteiger partial charge < -0.3 is 16.0 Å². The lowest BCUT2D eigenvalue weighted by molar-refractivity contribution is -0.122. The zero-order valence-corrected chi connectivity index (χ0v) is 11.0. The first-order valence-electron chi connectivity index (χ1n) is 5.63. The highest BCUT2D eigenvalue weighted by molar-refractivity contribution is 6.30. The van der Waals surface area contributed by atoms with E-state index in [1.165, 1.54) is 0 Å². The molecule has 1 rings (SSSR count). The number of rotatable bonds is 4. The van der Waals surface area contributed by atoms with Crippen LogP contribution in [-0.2, 0) is 4.79 Å². The van der Waals surface area contributed by atoms with E-state index < -0.39 is 12.1 Å². The highest BCUT2D eigenvalue weighted by Crippen LogP contribution is 2.14. The maximum atomic E-state index is 11.6. The largest absolute Gasteiger partial charge is 0.355 e. The van der Waals surface area contributed by atoms with Crippen LogP contribution in [0.1, 0.15) is 13.8 Å². The number of carbonyl (C=O) groups excluding carboxylic acids is 2. The van der Waals surface area contributed by atoms with Crippen molar-refractivity contribution in [2.24, 2.45) is 0 Å². The number of hydrogen-bond donors (Lipinski definition) is 3. The molecule has 0 fully saturated rings. The minimum absolute atomic E-state index is 0.223. The van der Waals surface area contributed by atoms with Gasteiger partial charge in [-0.1, -0.05) is 17.7 Å². The molecule has 0 heterocycles. The van der Waals surface area contributed by atoms with Crippen LogP contribution in [-0.4, -0.2) is 24.5 Å². The molecule has 1 aromatic carbocycles. The van der Waals surface area contributed by atoms with Gasteiger partial charge >= 0.3 is 6.03 Å². The first kappa shape index (κ1) is 14.3. The minimum atomic E-state index is -0.593. The summed E-state index contributed by atoms with van der Waals surface area (Å²) >= 11 is 5.79. The van der Waals surface area contributed by atoms with Crippen LogP contribution in [0.2, 0.25) is 5.02 Å². The molecule has 5 nitrogen and oxygen atoms in total. The highest BCUT2D eigenvalue weighted by atomic mass is 35.5. The summed E-state index contributed by atoms with van der Waals surface area (Å²) in [6.45, 7) is 3.96. The summed E-state index contributed by atoms with van der Waals surface area (Å²) in [6, 6.07) is 5.73. The Hall–Kier alpha value is -1.75. The van der Waals surface area contributed by atoms with Gasteiger partial charge in [0.25, 0.3) is 0 Å². The van der Waals surface area contributed by atoms with Gasteiger partial charge in [0.1, 0.15) is 6.04 Å². The molecule has 0 aliphatic rings. The van der Waals surface area contributed by atoms with E-state index in [0.717, 1.165) is 0 Å². The van der Waals surface area contributed by atoms with Crippen molar-refractivity contribution in [2.75, 3.05) is 11.9 Å². The van der Waals surface area contributed by atoms with Crippen LogP contribution in [0.15, 0.2) is 24.3 Å². The zero-order valence-electron chi connectivity index (χ0n) is 10.3. The van der Waals surface area contributed by atoms with E-state index in [1.54, 1.807) is 31.2 Å². The Morgan fingerprint density at radius 2 is 2.11 bits per heavy atom. The number of likely N-dealkylation sites (N-methyl/N-ethyl adjacent to an activating group) is 1. The maximum absolute atomic E-state index is 11.6. The fourth-order valence-electron chi connectivity index (χ4n) is 1.32. The van der Waals surface area contributed by atoms with E-state index >= 15 is 0 Å². The van der Waals surface area contributed by atoms with E-state index in [-0.39, 0.29) is 5.91 Å². The van der Waals surface area contributed by atoms with Crippen LogP contribution in [0.3, 0.4) is 0 Å². The summed E-state index contributed by atoms with van der Waals surface area (Å²) in [7, 11) is 0. The van der Waals surface area contributed by atoms with Crippen molar-refractivity contribution >= 4 is 29.2 Å². The first-order valence-corrected chi connectivity index (χ1v) is 6.01. The van der Waals surface area contributed by atoms with E-state index in [1.807, 2.05) is 6.92 Å². The molecule has 0 aromatic heterocycles. The standard InChI is InChI=1S/C12H16ClN3O2/c1-3-14-11(17)8(2)15-12(18)16-10-6-4-5-9(13)7-10/h4-8H,3H2,1-2H3,(H,14,17)(H2,15,16,18)/t8-/m1/s1. The van der Waals surface area contributed by atoms with Crippen molar-refractivity contribution in [1.29, 1.82) is 0 Å². The third kappa shape index (κ3) is 4.63. The fraction of sp³-hybridized carbons (Fsp3) is 0.333. The Bertz CT molecular complexity index is 437. The monoisotopic (exact) mass is 269 g/mol. The Morgan fingerprint density at radius 1 is 1.39 bits per heavy atom. The van der Waals surface area contributed by atoms with Gasteiger partial charge in [0.15, 0.2) is 0 Å². The normalized spacial score (nSPS) is 11.5. The van der Waals surface area contributed by atoms with Crippen molar-refractivity contribution in [1.82, 2.24) is 10.6 Å². The van der Waals surface area contributed by atoms with Gasteiger partial charge in [0, 0.05) is 17.3 Å². The van der Waals surface area contributed by atoms with Gasteiger partial charge in [-0.25, -0.2) is 4.79 Å². The SMILES string of the molecule is CCNC(=O)[C@@H](C)NC(=O)Nc1cccc(Cl)c1. The molecular formula is C12H16ClN3O2. The third-order valence-electron chi connectivity index (χ3n) is 2.17. The van der Waals surface area contributed by atoms with Gasteiger partial charge in [-0.3, -0.25) is 4.79 Å². The maximum Gasteiger partial charge on any atom is 0.319 e. The number of nitrogens with one attached hydrogen (secondary N) is 3. The molecule has 0 aliphatic carbocycles. The van der Waals surface area contributed by atoms with E-state index in [2.05, 4.69) is 16.0 Å². The molecule has 0 saturated heterocycles. The van der Waals surface area contributed by atoms with Crippen LogP contribution >= 0.6 is 11.6 Å². The fourth-order valence-corrected chi connectivity index (χ4v) is 1.51. The number of anilines is 1. The molecule has 3 N–H and O–H groups in total. The van der Waals surface area contributed by atoms with Gasteiger partial charge in [-0.05, 0) is 32.0 Å². The topological polar surface area (TPSA) is 70.2 Å². The highest BCUT2D eigenvalue weighted by Gasteiger charge is 2.14. The van der Waals surface area contributed by atoms with Gasteiger partial charge in [0.05, 0.1) is 0 Å². The second kappa shape index (κ2) is 6.86. The molecule has 1 atom stereocenters. The van der Waals surface area contributed by atoms with Gasteiger partial charge in [-0.15, -0.1) is 0 Å². The predicted octanol–water partition coefficient (Wildman–Crippen LogP) is 1.99. The van der Waals surface area contributed by atoms with Crippen molar-refractivity contribution in [3.63, 3.8) is 0 Å². The van der Waals surface area contributed by atoms with E-state index in [4.69, 9.17) is 11.6 Å². The molecule has 0 spiro atoms. The van der Waals surface area contributed by atoms with Crippen molar-refractivity contribution in [3.8, 4) is 0 Å². The smallest absolute Gasteiger partial charge is 0.319 e. The molecule has 98 valence electrons. The molecule has 1 aromatic rings. The number of amides is 3. The number of hydrogen-bond acceptors (Lipinski definition) is 2. The number of urea groups is 1. The van der Waals surface area contributed by atoms with Gasteiger partial charge in [-0.2, -0.15) is 0 Å². The molecule has 3 amide bonds. The lowest BCUT2D eigenvalue weighted by Crippen LogP contribution is -2.46. The van der Waals surface area contributed by atoms with E-state index in [9.17, 15) is 9.59 Å². The van der Waals surface area contributed by atoms with Crippen molar-refractivity contribution in [3.05, 3.63) is 29.3 Å². The second-order valence-corrected chi connectivity index (χ2v) is 4.16. The van der Waals surface area contributed by atoms with Crippen molar-refractivity contribution in [2.45, 2.75) is 19.9 Å². The lowest BCUT2D eigenvalue weighted by Gasteiger charge is -2.14. The summed E-state index contributed by atoms with van der Waals surface area (Å²) < 4.78 is 0. The van der Waals surface area contributed by atoms with E-state index in [0.29, 0.717) is 17.3 Å². The Balaban J connectivity index is 2.49. The summed E-state index contributed by atoms with van der Waals surface area (Å²) in [6.07, 6.45) is 0. The molecule has 0 saturated carbocycles. The molecular weight excluding hydrogens is 254 g/mol. The summed E-state index contributed by atoms with van der Waals surface area (Å²) in [4.78, 5) is 23.0. The number of benzene rings is 1. The zero-order chi connectivity index (χ0) is 13.5. The van der Waals surface area contributed by atoms with Crippen LogP contribution in [0, 0.1) is 0 Å². The minimum Gasteiger partial charge on any atom is -0.355 e. The number of halogens is 1. The number of carbonyl (C=O) groups is 2. The molecule has 0 aliphatic heterocycles. The van der Waals surface area contributed by atoms with Crippen molar-refractivity contribution < 1.29 is 9.59 Å². The lowest BCUT2D eigenvalue weighted by atomic mass is 10.3. The van der Waals surface area contributed by atoms with Crippen LogP contribution in [0.25, 0.3) is 0 Å². The average molecular weight is 270 g/mol. The van der Waals surface area contributed by atoms with Crippen LogP contribution in [0.5, 0.6) is 0 Å².